The fraction of sp³-hybridized carbons (Fsp3) is 0.417. The van der Waals surface area contributed by atoms with Crippen LogP contribution in [0.2, 0.25) is 0 Å². The molecule has 0 spiro atoms. The highest BCUT2D eigenvalue weighted by Gasteiger charge is 2.16. The highest BCUT2D eigenvalue weighted by molar-refractivity contribution is 9.10. The van der Waals surface area contributed by atoms with E-state index in [0.29, 0.717) is 6.04 Å². The smallest absolute Gasteiger partial charge is 0.161 e. The summed E-state index contributed by atoms with van der Waals surface area (Å²) in [6, 6.07) is 6.77. The Kier molecular flexibility index (Phi) is 3.92. The summed E-state index contributed by atoms with van der Waals surface area (Å²) in [6.45, 7) is 4.27. The normalized spacial score (nSPS) is 19.7. The van der Waals surface area contributed by atoms with Crippen LogP contribution in [-0.2, 0) is 0 Å². The first-order chi connectivity index (χ1) is 7.69. The Bertz CT molecular complexity index is 417. The quantitative estimate of drug-likeness (QED) is 0.891. The molecule has 0 radical (unpaired) electrons. The van der Waals surface area contributed by atoms with Crippen molar-refractivity contribution in [3.8, 4) is 0 Å². The van der Waals surface area contributed by atoms with Gasteiger partial charge in [-0.3, -0.25) is 4.99 Å². The van der Waals surface area contributed by atoms with Crippen molar-refractivity contribution in [3.63, 3.8) is 0 Å². The van der Waals surface area contributed by atoms with Gasteiger partial charge in [0.2, 0.25) is 0 Å². The number of nitrogens with zero attached hydrogens (tertiary/aromatic N) is 1. The lowest BCUT2D eigenvalue weighted by Crippen LogP contribution is -2.06. The topological polar surface area (TPSA) is 24.4 Å². The summed E-state index contributed by atoms with van der Waals surface area (Å²) >= 11 is 5.35. The highest BCUT2D eigenvalue weighted by atomic mass is 79.9. The zero-order valence-electron chi connectivity index (χ0n) is 9.46. The number of amidine groups is 1. The number of aliphatic imine (C=N–C) groups is 1. The highest BCUT2D eigenvalue weighted by Crippen LogP contribution is 2.27. The van der Waals surface area contributed by atoms with E-state index in [4.69, 9.17) is 0 Å². The zero-order chi connectivity index (χ0) is 11.5. The molecule has 1 N–H and O–H groups in total. The van der Waals surface area contributed by atoms with E-state index in [0.717, 1.165) is 27.5 Å². The van der Waals surface area contributed by atoms with Gasteiger partial charge < -0.3 is 5.32 Å². The Labute approximate surface area is 109 Å². The summed E-state index contributed by atoms with van der Waals surface area (Å²) in [6.07, 6.45) is 1.12. The number of thioether (sulfide) groups is 1. The summed E-state index contributed by atoms with van der Waals surface area (Å²) in [5, 5.41) is 4.42. The molecule has 0 saturated heterocycles. The number of anilines is 1. The van der Waals surface area contributed by atoms with E-state index in [-0.39, 0.29) is 0 Å². The summed E-state index contributed by atoms with van der Waals surface area (Å²) in [5.41, 5.74) is 2.35. The van der Waals surface area contributed by atoms with Crippen LogP contribution in [-0.4, -0.2) is 17.0 Å². The standard InChI is InChI=1S/C12H15BrN2S/c1-3-9-7-16-12(14-9)15-11-6-8(2)4-5-10(11)13/h4-6,9H,3,7H2,1-2H3,(H,14,15). The first kappa shape index (κ1) is 12.0. The van der Waals surface area contributed by atoms with Crippen molar-refractivity contribution in [2.75, 3.05) is 11.1 Å². The van der Waals surface area contributed by atoms with E-state index >= 15 is 0 Å². The lowest BCUT2D eigenvalue weighted by molar-refractivity contribution is 0.738. The van der Waals surface area contributed by atoms with Gasteiger partial charge in [0.25, 0.3) is 0 Å². The molecule has 0 aromatic heterocycles. The fourth-order valence-electron chi connectivity index (χ4n) is 1.54. The van der Waals surface area contributed by atoms with Crippen molar-refractivity contribution >= 4 is 38.5 Å². The third-order valence-corrected chi connectivity index (χ3v) is 4.27. The van der Waals surface area contributed by atoms with Crippen LogP contribution in [0.4, 0.5) is 5.69 Å². The second-order valence-electron chi connectivity index (χ2n) is 3.92. The second kappa shape index (κ2) is 5.23. The van der Waals surface area contributed by atoms with E-state index in [2.05, 4.69) is 58.3 Å². The minimum Gasteiger partial charge on any atom is -0.334 e. The maximum Gasteiger partial charge on any atom is 0.161 e. The summed E-state index contributed by atoms with van der Waals surface area (Å²) < 4.78 is 1.08. The number of halogens is 1. The van der Waals surface area contributed by atoms with Gasteiger partial charge in [0.05, 0.1) is 11.7 Å². The molecule has 2 rings (SSSR count). The lowest BCUT2D eigenvalue weighted by Gasteiger charge is -2.08. The molecular formula is C12H15BrN2S. The molecule has 2 nitrogen and oxygen atoms in total. The molecule has 1 unspecified atom stereocenters. The SMILES string of the molecule is CCC1CSC(Nc2cc(C)ccc2Br)=N1. The van der Waals surface area contributed by atoms with Crippen LogP contribution in [0.25, 0.3) is 0 Å². The van der Waals surface area contributed by atoms with Crippen molar-refractivity contribution in [1.82, 2.24) is 0 Å². The predicted molar refractivity (Wildman–Crippen MR) is 76.5 cm³/mol. The van der Waals surface area contributed by atoms with Crippen LogP contribution in [0.1, 0.15) is 18.9 Å². The summed E-state index contributed by atoms with van der Waals surface area (Å²) in [7, 11) is 0. The maximum atomic E-state index is 4.62. The van der Waals surface area contributed by atoms with E-state index in [1.54, 1.807) is 11.8 Å². The monoisotopic (exact) mass is 298 g/mol. The number of hydrogen-bond donors (Lipinski definition) is 1. The van der Waals surface area contributed by atoms with Gasteiger partial charge in [-0.25, -0.2) is 0 Å². The number of aryl methyl sites for hydroxylation is 1. The molecule has 16 heavy (non-hydrogen) atoms. The third kappa shape index (κ3) is 2.80. The largest absolute Gasteiger partial charge is 0.334 e. The molecule has 1 atom stereocenters. The third-order valence-electron chi connectivity index (χ3n) is 2.55. The minimum atomic E-state index is 0.482. The molecular weight excluding hydrogens is 284 g/mol. The van der Waals surface area contributed by atoms with Gasteiger partial charge in [0, 0.05) is 10.2 Å². The predicted octanol–water partition coefficient (Wildman–Crippen LogP) is 4.05. The van der Waals surface area contributed by atoms with E-state index in [1.165, 1.54) is 5.56 Å². The molecule has 0 amide bonds. The van der Waals surface area contributed by atoms with Crippen molar-refractivity contribution in [3.05, 3.63) is 28.2 Å². The number of benzene rings is 1. The van der Waals surface area contributed by atoms with Gasteiger partial charge >= 0.3 is 0 Å². The Hall–Kier alpha value is -0.480. The molecule has 0 saturated carbocycles. The van der Waals surface area contributed by atoms with Crippen LogP contribution in [0.5, 0.6) is 0 Å². The molecule has 1 aliphatic heterocycles. The van der Waals surface area contributed by atoms with E-state index < -0.39 is 0 Å². The van der Waals surface area contributed by atoms with Crippen LogP contribution in [0.3, 0.4) is 0 Å². The molecule has 0 aliphatic carbocycles. The average molecular weight is 299 g/mol. The summed E-state index contributed by atoms with van der Waals surface area (Å²) in [5.74, 6) is 1.10. The molecule has 4 heteroatoms. The molecule has 0 bridgehead atoms. The second-order valence-corrected chi connectivity index (χ2v) is 5.78. The van der Waals surface area contributed by atoms with Crippen LogP contribution in [0.15, 0.2) is 27.7 Å². The van der Waals surface area contributed by atoms with Crippen LogP contribution >= 0.6 is 27.7 Å². The Morgan fingerprint density at radius 1 is 1.56 bits per heavy atom. The van der Waals surface area contributed by atoms with Crippen molar-refractivity contribution < 1.29 is 0 Å². The Morgan fingerprint density at radius 2 is 2.38 bits per heavy atom. The first-order valence-corrected chi connectivity index (χ1v) is 7.20. The fourth-order valence-corrected chi connectivity index (χ4v) is 2.96. The average Bonchev–Trinajstić information content (AvgIpc) is 2.71. The van der Waals surface area contributed by atoms with Gasteiger partial charge in [-0.2, -0.15) is 0 Å². The minimum absolute atomic E-state index is 0.482. The van der Waals surface area contributed by atoms with Crippen molar-refractivity contribution in [1.29, 1.82) is 0 Å². The molecule has 1 aromatic carbocycles. The lowest BCUT2D eigenvalue weighted by atomic mass is 10.2. The molecule has 0 fully saturated rings. The first-order valence-electron chi connectivity index (χ1n) is 5.43. The van der Waals surface area contributed by atoms with Gasteiger partial charge in [0.1, 0.15) is 0 Å². The zero-order valence-corrected chi connectivity index (χ0v) is 11.9. The molecule has 1 aliphatic rings. The van der Waals surface area contributed by atoms with Gasteiger partial charge in [-0.15, -0.1) is 0 Å². The van der Waals surface area contributed by atoms with Crippen LogP contribution in [0, 0.1) is 6.92 Å². The van der Waals surface area contributed by atoms with E-state index in [1.807, 2.05) is 0 Å². The number of nitrogens with one attached hydrogen (secondary N) is 1. The Balaban J connectivity index is 2.12. The summed E-state index contributed by atoms with van der Waals surface area (Å²) in [4.78, 5) is 4.62. The molecule has 1 aromatic rings. The van der Waals surface area contributed by atoms with E-state index in [9.17, 15) is 0 Å². The van der Waals surface area contributed by atoms with Crippen LogP contribution < -0.4 is 5.32 Å². The van der Waals surface area contributed by atoms with Crippen molar-refractivity contribution in [2.24, 2.45) is 4.99 Å². The molecule has 1 heterocycles. The molecule has 86 valence electrons. The van der Waals surface area contributed by atoms with Gasteiger partial charge in [-0.1, -0.05) is 24.8 Å². The number of hydrogen-bond acceptors (Lipinski definition) is 3. The Morgan fingerprint density at radius 3 is 3.06 bits per heavy atom. The number of rotatable bonds is 2. The van der Waals surface area contributed by atoms with Crippen molar-refractivity contribution in [2.45, 2.75) is 26.3 Å². The maximum absolute atomic E-state index is 4.62. The van der Waals surface area contributed by atoms with Gasteiger partial charge in [0.15, 0.2) is 5.17 Å². The van der Waals surface area contributed by atoms with Gasteiger partial charge in [-0.05, 0) is 47.0 Å².